The van der Waals surface area contributed by atoms with E-state index in [-0.39, 0.29) is 18.0 Å². The van der Waals surface area contributed by atoms with E-state index in [1.807, 2.05) is 37.3 Å². The molecule has 0 bridgehead atoms. The molecular formula is C24H23ClN6O2. The van der Waals surface area contributed by atoms with Gasteiger partial charge in [-0.3, -0.25) is 9.78 Å². The van der Waals surface area contributed by atoms with E-state index in [1.165, 1.54) is 6.33 Å². The van der Waals surface area contributed by atoms with Gasteiger partial charge in [-0.2, -0.15) is 0 Å². The molecule has 0 radical (unpaired) electrons. The van der Waals surface area contributed by atoms with Crippen LogP contribution in [0.3, 0.4) is 0 Å². The molecule has 33 heavy (non-hydrogen) atoms. The third-order valence-corrected chi connectivity index (χ3v) is 6.10. The number of benzene rings is 1. The molecule has 4 aromatic rings. The molecule has 0 spiro atoms. The number of hydrogen-bond acceptors (Lipinski definition) is 7. The van der Waals surface area contributed by atoms with E-state index in [4.69, 9.17) is 21.3 Å². The minimum atomic E-state index is -0.247. The molecule has 3 aromatic heterocycles. The zero-order valence-corrected chi connectivity index (χ0v) is 18.8. The maximum Gasteiger partial charge on any atom is 0.270 e. The number of rotatable bonds is 5. The summed E-state index contributed by atoms with van der Waals surface area (Å²) in [5.41, 5.74) is 2.44. The van der Waals surface area contributed by atoms with Crippen LogP contribution in [0.5, 0.6) is 0 Å². The van der Waals surface area contributed by atoms with Crippen LogP contribution in [-0.2, 0) is 4.74 Å². The molecule has 4 heterocycles. The van der Waals surface area contributed by atoms with Gasteiger partial charge in [0.1, 0.15) is 17.5 Å². The molecule has 0 unspecified atom stereocenters. The highest BCUT2D eigenvalue weighted by molar-refractivity contribution is 6.36. The van der Waals surface area contributed by atoms with Crippen LogP contribution in [0.25, 0.3) is 21.8 Å². The standard InChI is InChI=1S/C24H23ClN6O2/c1-14(29-23-21-18(27-13-28-23)6-3-9-26-21)19-12-15-4-2-5-17(25)20(15)22(31-19)24(32)30-16-7-10-33-11-8-16/h2-6,9,12-14,16H,7-8,10-11H2,1H3,(H,30,32)(H,27,28,29)/t14-/m0/s1. The highest BCUT2D eigenvalue weighted by Gasteiger charge is 2.22. The van der Waals surface area contributed by atoms with Crippen LogP contribution in [0.4, 0.5) is 5.82 Å². The third kappa shape index (κ3) is 4.44. The number of carbonyl (C=O) groups is 1. The minimum Gasteiger partial charge on any atom is -0.381 e. The SMILES string of the molecule is C[C@H](Nc1ncnc2cccnc12)c1cc2cccc(Cl)c2c(C(=O)NC2CCOCC2)n1. The van der Waals surface area contributed by atoms with Crippen molar-refractivity contribution in [3.05, 3.63) is 65.3 Å². The Kier molecular flexibility index (Phi) is 6.02. The van der Waals surface area contributed by atoms with Crippen molar-refractivity contribution < 1.29 is 9.53 Å². The number of nitrogens with one attached hydrogen (secondary N) is 2. The van der Waals surface area contributed by atoms with Crippen molar-refractivity contribution in [2.24, 2.45) is 0 Å². The number of amides is 1. The lowest BCUT2D eigenvalue weighted by molar-refractivity contribution is 0.0695. The highest BCUT2D eigenvalue weighted by atomic mass is 35.5. The van der Waals surface area contributed by atoms with E-state index in [0.29, 0.717) is 46.3 Å². The lowest BCUT2D eigenvalue weighted by Crippen LogP contribution is -2.39. The van der Waals surface area contributed by atoms with Gasteiger partial charge in [0.05, 0.1) is 22.3 Å². The fraction of sp³-hybridized carbons (Fsp3) is 0.292. The van der Waals surface area contributed by atoms with E-state index in [2.05, 4.69) is 25.6 Å². The van der Waals surface area contributed by atoms with Crippen molar-refractivity contribution in [1.82, 2.24) is 25.3 Å². The largest absolute Gasteiger partial charge is 0.381 e. The van der Waals surface area contributed by atoms with Gasteiger partial charge in [0.15, 0.2) is 5.82 Å². The number of ether oxygens (including phenoxy) is 1. The molecule has 168 valence electrons. The fourth-order valence-electron chi connectivity index (χ4n) is 4.05. The van der Waals surface area contributed by atoms with Gasteiger partial charge in [0, 0.05) is 30.8 Å². The molecule has 0 saturated carbocycles. The summed E-state index contributed by atoms with van der Waals surface area (Å²) < 4.78 is 5.40. The zero-order valence-electron chi connectivity index (χ0n) is 18.1. The Balaban J connectivity index is 1.51. The molecule has 1 amide bonds. The smallest absolute Gasteiger partial charge is 0.270 e. The molecular weight excluding hydrogens is 440 g/mol. The summed E-state index contributed by atoms with van der Waals surface area (Å²) in [6, 6.07) is 11.1. The molecule has 1 aromatic carbocycles. The molecule has 0 aliphatic carbocycles. The number of carbonyl (C=O) groups excluding carboxylic acids is 1. The molecule has 1 atom stereocenters. The molecule has 1 aliphatic rings. The Morgan fingerprint density at radius 1 is 1.15 bits per heavy atom. The van der Waals surface area contributed by atoms with Crippen molar-refractivity contribution in [3.8, 4) is 0 Å². The number of aromatic nitrogens is 4. The van der Waals surface area contributed by atoms with Crippen LogP contribution >= 0.6 is 11.6 Å². The third-order valence-electron chi connectivity index (χ3n) is 5.79. The Bertz CT molecular complexity index is 1320. The van der Waals surface area contributed by atoms with Crippen molar-refractivity contribution in [2.75, 3.05) is 18.5 Å². The summed E-state index contributed by atoms with van der Waals surface area (Å²) in [7, 11) is 0. The summed E-state index contributed by atoms with van der Waals surface area (Å²) in [6.45, 7) is 3.25. The normalized spacial score (nSPS) is 15.5. The van der Waals surface area contributed by atoms with Crippen LogP contribution in [0.15, 0.2) is 48.9 Å². The second kappa shape index (κ2) is 9.25. The van der Waals surface area contributed by atoms with Gasteiger partial charge in [-0.15, -0.1) is 0 Å². The lowest BCUT2D eigenvalue weighted by Gasteiger charge is -2.23. The number of hydrogen-bond donors (Lipinski definition) is 2. The summed E-state index contributed by atoms with van der Waals surface area (Å²) >= 11 is 6.50. The van der Waals surface area contributed by atoms with Gasteiger partial charge < -0.3 is 15.4 Å². The number of fused-ring (bicyclic) bond motifs is 2. The van der Waals surface area contributed by atoms with Crippen molar-refractivity contribution in [3.63, 3.8) is 0 Å². The monoisotopic (exact) mass is 462 g/mol. The quantitative estimate of drug-likeness (QED) is 0.455. The second-order valence-electron chi connectivity index (χ2n) is 8.05. The maximum absolute atomic E-state index is 13.3. The average Bonchev–Trinajstić information content (AvgIpc) is 2.84. The number of anilines is 1. The first-order valence-electron chi connectivity index (χ1n) is 10.9. The Morgan fingerprint density at radius 3 is 2.85 bits per heavy atom. The maximum atomic E-state index is 13.3. The van der Waals surface area contributed by atoms with Gasteiger partial charge in [0.2, 0.25) is 0 Å². The zero-order chi connectivity index (χ0) is 22.8. The first-order valence-corrected chi connectivity index (χ1v) is 11.3. The predicted octanol–water partition coefficient (Wildman–Crippen LogP) is 4.31. The van der Waals surface area contributed by atoms with Gasteiger partial charge in [-0.1, -0.05) is 23.7 Å². The molecule has 9 heteroatoms. The summed E-state index contributed by atoms with van der Waals surface area (Å²) in [6.07, 6.45) is 4.77. The summed E-state index contributed by atoms with van der Waals surface area (Å²) in [5, 5.41) is 8.47. The second-order valence-corrected chi connectivity index (χ2v) is 8.46. The number of pyridine rings is 2. The van der Waals surface area contributed by atoms with Crippen molar-refractivity contribution in [2.45, 2.75) is 31.8 Å². The van der Waals surface area contributed by atoms with E-state index >= 15 is 0 Å². The molecule has 5 rings (SSSR count). The summed E-state index contributed by atoms with van der Waals surface area (Å²) in [4.78, 5) is 31.0. The Hall–Kier alpha value is -3.36. The van der Waals surface area contributed by atoms with Crippen LogP contribution in [0.1, 0.15) is 42.0 Å². The van der Waals surface area contributed by atoms with E-state index in [0.717, 1.165) is 23.7 Å². The van der Waals surface area contributed by atoms with Crippen LogP contribution in [0.2, 0.25) is 5.02 Å². The average molecular weight is 463 g/mol. The minimum absolute atomic E-state index is 0.0586. The first-order chi connectivity index (χ1) is 16.1. The van der Waals surface area contributed by atoms with E-state index < -0.39 is 0 Å². The van der Waals surface area contributed by atoms with Crippen LogP contribution < -0.4 is 10.6 Å². The van der Waals surface area contributed by atoms with Crippen LogP contribution in [0, 0.1) is 0 Å². The molecule has 1 aliphatic heterocycles. The van der Waals surface area contributed by atoms with E-state index in [1.54, 1.807) is 12.3 Å². The number of halogens is 1. The molecule has 1 saturated heterocycles. The Labute approximate surface area is 195 Å². The van der Waals surface area contributed by atoms with Gasteiger partial charge >= 0.3 is 0 Å². The molecule has 1 fully saturated rings. The van der Waals surface area contributed by atoms with Gasteiger partial charge in [-0.25, -0.2) is 15.0 Å². The first kappa shape index (κ1) is 21.5. The lowest BCUT2D eigenvalue weighted by atomic mass is 10.0. The topological polar surface area (TPSA) is 102 Å². The van der Waals surface area contributed by atoms with Crippen molar-refractivity contribution in [1.29, 1.82) is 0 Å². The van der Waals surface area contributed by atoms with Gasteiger partial charge in [-0.05, 0) is 49.4 Å². The van der Waals surface area contributed by atoms with Crippen LogP contribution in [-0.4, -0.2) is 45.1 Å². The van der Waals surface area contributed by atoms with Crippen molar-refractivity contribution >= 4 is 45.1 Å². The molecule has 2 N–H and O–H groups in total. The predicted molar refractivity (Wildman–Crippen MR) is 127 cm³/mol. The Morgan fingerprint density at radius 2 is 2.00 bits per heavy atom. The number of nitrogens with zero attached hydrogens (tertiary/aromatic N) is 4. The van der Waals surface area contributed by atoms with Gasteiger partial charge in [0.25, 0.3) is 5.91 Å². The summed E-state index contributed by atoms with van der Waals surface area (Å²) in [5.74, 6) is 0.373. The molecule has 8 nitrogen and oxygen atoms in total. The van der Waals surface area contributed by atoms with E-state index in [9.17, 15) is 4.79 Å². The fourth-order valence-corrected chi connectivity index (χ4v) is 4.32. The highest BCUT2D eigenvalue weighted by Crippen LogP contribution is 2.30.